The van der Waals surface area contributed by atoms with Crippen molar-refractivity contribution < 1.29 is 13.2 Å². The number of aromatic amines is 1. The molecular weight excluding hydrogens is 332 g/mol. The molecule has 0 aliphatic rings. The van der Waals surface area contributed by atoms with Crippen molar-refractivity contribution in [3.05, 3.63) is 39.7 Å². The molecule has 16 heavy (non-hydrogen) atoms. The molecule has 0 aliphatic carbocycles. The maximum absolute atomic E-state index is 12.7. The summed E-state index contributed by atoms with van der Waals surface area (Å²) in [5, 5.41) is 5.63. The standard InChI is InChI=1S/C10H6F3IN2/c11-10(12,13)8-7(9(14)16-15-8)6-4-2-1-3-5-6/h1-5H,(H,15,16). The zero-order valence-corrected chi connectivity index (χ0v) is 10.0. The highest BCUT2D eigenvalue weighted by molar-refractivity contribution is 14.1. The zero-order chi connectivity index (χ0) is 11.8. The van der Waals surface area contributed by atoms with Crippen molar-refractivity contribution in [1.82, 2.24) is 10.2 Å². The third-order valence-electron chi connectivity index (χ3n) is 2.07. The van der Waals surface area contributed by atoms with Crippen LogP contribution in [0.2, 0.25) is 0 Å². The number of alkyl halides is 3. The Hall–Kier alpha value is -1.05. The lowest BCUT2D eigenvalue weighted by Gasteiger charge is -2.07. The number of benzene rings is 1. The van der Waals surface area contributed by atoms with E-state index in [0.717, 1.165) is 0 Å². The van der Waals surface area contributed by atoms with Gasteiger partial charge >= 0.3 is 6.18 Å². The van der Waals surface area contributed by atoms with E-state index in [1.165, 1.54) is 0 Å². The predicted molar refractivity (Wildman–Crippen MR) is 61.7 cm³/mol. The Bertz CT molecular complexity index is 491. The Morgan fingerprint density at radius 3 is 2.31 bits per heavy atom. The van der Waals surface area contributed by atoms with Crippen LogP contribution in [-0.2, 0) is 6.18 Å². The van der Waals surface area contributed by atoms with Gasteiger partial charge in [-0.2, -0.15) is 18.3 Å². The van der Waals surface area contributed by atoms with Crippen molar-refractivity contribution in [1.29, 1.82) is 0 Å². The number of hydrogen-bond acceptors (Lipinski definition) is 1. The first-order valence-electron chi connectivity index (χ1n) is 4.36. The summed E-state index contributed by atoms with van der Waals surface area (Å²) in [6.07, 6.45) is -4.42. The van der Waals surface area contributed by atoms with Crippen LogP contribution >= 0.6 is 22.6 Å². The van der Waals surface area contributed by atoms with E-state index in [9.17, 15) is 13.2 Å². The number of hydrogen-bond donors (Lipinski definition) is 1. The van der Waals surface area contributed by atoms with E-state index in [4.69, 9.17) is 0 Å². The number of halogens is 4. The summed E-state index contributed by atoms with van der Waals surface area (Å²) in [5.74, 6) is 0. The van der Waals surface area contributed by atoms with Gasteiger partial charge in [-0.1, -0.05) is 30.3 Å². The summed E-state index contributed by atoms with van der Waals surface area (Å²) in [7, 11) is 0. The normalized spacial score (nSPS) is 11.8. The lowest BCUT2D eigenvalue weighted by atomic mass is 10.1. The molecule has 0 unspecified atom stereocenters. The average Bonchev–Trinajstić information content (AvgIpc) is 2.61. The third-order valence-corrected chi connectivity index (χ3v) is 2.85. The minimum atomic E-state index is -4.42. The number of aromatic nitrogens is 2. The van der Waals surface area contributed by atoms with Gasteiger partial charge in [0, 0.05) is 5.56 Å². The molecule has 2 rings (SSSR count). The first-order valence-corrected chi connectivity index (χ1v) is 5.44. The van der Waals surface area contributed by atoms with Crippen LogP contribution in [0.4, 0.5) is 13.2 Å². The first kappa shape index (κ1) is 11.4. The monoisotopic (exact) mass is 338 g/mol. The molecule has 1 heterocycles. The molecule has 2 nitrogen and oxygen atoms in total. The van der Waals surface area contributed by atoms with Crippen molar-refractivity contribution in [2.45, 2.75) is 6.18 Å². The van der Waals surface area contributed by atoms with Crippen LogP contribution in [0.3, 0.4) is 0 Å². The van der Waals surface area contributed by atoms with Crippen LogP contribution in [0.5, 0.6) is 0 Å². The summed E-state index contributed by atoms with van der Waals surface area (Å²) in [5.41, 5.74) is -0.190. The maximum atomic E-state index is 12.7. The molecule has 0 atom stereocenters. The van der Waals surface area contributed by atoms with E-state index >= 15 is 0 Å². The number of nitrogens with one attached hydrogen (secondary N) is 1. The molecule has 0 fully saturated rings. The molecule has 6 heteroatoms. The van der Waals surface area contributed by atoms with Crippen LogP contribution < -0.4 is 0 Å². The lowest BCUT2D eigenvalue weighted by Crippen LogP contribution is -2.07. The van der Waals surface area contributed by atoms with Gasteiger partial charge in [0.25, 0.3) is 0 Å². The molecule has 84 valence electrons. The predicted octanol–water partition coefficient (Wildman–Crippen LogP) is 3.70. The fraction of sp³-hybridized carbons (Fsp3) is 0.100. The van der Waals surface area contributed by atoms with E-state index in [0.29, 0.717) is 9.26 Å². The van der Waals surface area contributed by atoms with Crippen LogP contribution in [0.1, 0.15) is 5.69 Å². The van der Waals surface area contributed by atoms with Crippen LogP contribution in [-0.4, -0.2) is 10.2 Å². The van der Waals surface area contributed by atoms with Crippen molar-refractivity contribution in [2.75, 3.05) is 0 Å². The minimum absolute atomic E-state index is 0.105. The van der Waals surface area contributed by atoms with Gasteiger partial charge < -0.3 is 0 Å². The smallest absolute Gasteiger partial charge is 0.272 e. The van der Waals surface area contributed by atoms with Gasteiger partial charge in [0.1, 0.15) is 9.39 Å². The van der Waals surface area contributed by atoms with Crippen LogP contribution in [0.25, 0.3) is 11.1 Å². The summed E-state index contributed by atoms with van der Waals surface area (Å²) in [4.78, 5) is 0. The Balaban J connectivity index is 2.61. The largest absolute Gasteiger partial charge is 0.433 e. The van der Waals surface area contributed by atoms with Gasteiger partial charge in [0.2, 0.25) is 0 Å². The van der Waals surface area contributed by atoms with Crippen LogP contribution in [0.15, 0.2) is 30.3 Å². The molecule has 0 bridgehead atoms. The number of nitrogens with zero attached hydrogens (tertiary/aromatic N) is 1. The molecular formula is C10H6F3IN2. The van der Waals surface area contributed by atoms with E-state index in [-0.39, 0.29) is 5.56 Å². The second kappa shape index (κ2) is 4.08. The molecule has 0 radical (unpaired) electrons. The van der Waals surface area contributed by atoms with Gasteiger partial charge in [-0.15, -0.1) is 0 Å². The zero-order valence-electron chi connectivity index (χ0n) is 7.85. The Morgan fingerprint density at radius 1 is 1.12 bits per heavy atom. The van der Waals surface area contributed by atoms with Crippen molar-refractivity contribution >= 4 is 22.6 Å². The average molecular weight is 338 g/mol. The maximum Gasteiger partial charge on any atom is 0.433 e. The minimum Gasteiger partial charge on any atom is -0.272 e. The summed E-state index contributed by atoms with van der Waals surface area (Å²) >= 11 is 1.78. The topological polar surface area (TPSA) is 28.7 Å². The number of rotatable bonds is 1. The fourth-order valence-electron chi connectivity index (χ4n) is 1.39. The van der Waals surface area contributed by atoms with E-state index in [1.807, 2.05) is 5.10 Å². The van der Waals surface area contributed by atoms with Gasteiger partial charge in [0.05, 0.1) is 0 Å². The van der Waals surface area contributed by atoms with E-state index < -0.39 is 11.9 Å². The van der Waals surface area contributed by atoms with Gasteiger partial charge in [-0.25, -0.2) is 0 Å². The molecule has 0 saturated carbocycles. The highest BCUT2D eigenvalue weighted by atomic mass is 127. The second-order valence-corrected chi connectivity index (χ2v) is 4.15. The van der Waals surface area contributed by atoms with Gasteiger partial charge in [0.15, 0.2) is 0 Å². The quantitative estimate of drug-likeness (QED) is 0.790. The molecule has 1 aromatic carbocycles. The van der Waals surface area contributed by atoms with Crippen molar-refractivity contribution in [3.63, 3.8) is 0 Å². The number of H-pyrrole nitrogens is 1. The first-order chi connectivity index (χ1) is 7.50. The fourth-order valence-corrected chi connectivity index (χ4v) is 2.10. The molecule has 0 aliphatic heterocycles. The summed E-state index contributed by atoms with van der Waals surface area (Å²) in [6.45, 7) is 0. The molecule has 1 aromatic heterocycles. The molecule has 1 N–H and O–H groups in total. The van der Waals surface area contributed by atoms with Gasteiger partial charge in [-0.3, -0.25) is 5.10 Å². The third kappa shape index (κ3) is 2.06. The van der Waals surface area contributed by atoms with Crippen molar-refractivity contribution in [2.24, 2.45) is 0 Å². The Kier molecular flexibility index (Phi) is 2.92. The Labute approximate surface area is 103 Å². The molecule has 2 aromatic rings. The SMILES string of the molecule is FC(F)(F)c1[nH]nc(I)c1-c1ccccc1. The van der Waals surface area contributed by atoms with Crippen LogP contribution in [0, 0.1) is 3.70 Å². The highest BCUT2D eigenvalue weighted by Crippen LogP contribution is 2.37. The van der Waals surface area contributed by atoms with Crippen molar-refractivity contribution in [3.8, 4) is 11.1 Å². The summed E-state index contributed by atoms with van der Waals surface area (Å²) < 4.78 is 38.3. The molecule has 0 saturated heterocycles. The Morgan fingerprint density at radius 2 is 1.75 bits per heavy atom. The molecule has 0 amide bonds. The molecule has 0 spiro atoms. The van der Waals surface area contributed by atoms with E-state index in [2.05, 4.69) is 5.10 Å². The van der Waals surface area contributed by atoms with E-state index in [1.54, 1.807) is 52.9 Å². The highest BCUT2D eigenvalue weighted by Gasteiger charge is 2.37. The second-order valence-electron chi connectivity index (χ2n) is 3.13. The lowest BCUT2D eigenvalue weighted by molar-refractivity contribution is -0.140. The van der Waals surface area contributed by atoms with Gasteiger partial charge in [-0.05, 0) is 28.2 Å². The summed E-state index contributed by atoms with van der Waals surface area (Å²) in [6, 6.07) is 8.39.